The molecular weight excluding hydrogens is 344 g/mol. The van der Waals surface area contributed by atoms with Crippen LogP contribution in [-0.4, -0.2) is 36.3 Å². The van der Waals surface area contributed by atoms with E-state index in [0.717, 1.165) is 36.4 Å². The molecule has 1 unspecified atom stereocenters. The van der Waals surface area contributed by atoms with Crippen molar-refractivity contribution in [1.29, 1.82) is 0 Å². The number of nitrogens with zero attached hydrogens (tertiary/aromatic N) is 1. The monoisotopic (exact) mass is 368 g/mol. The summed E-state index contributed by atoms with van der Waals surface area (Å²) in [6.07, 6.45) is 2.40. The van der Waals surface area contributed by atoms with E-state index < -0.39 is 0 Å². The molecule has 1 aliphatic rings. The van der Waals surface area contributed by atoms with Gasteiger partial charge >= 0.3 is 0 Å². The quantitative estimate of drug-likeness (QED) is 0.572. The Morgan fingerprint density at radius 2 is 1.77 bits per heavy atom. The highest BCUT2D eigenvalue weighted by atomic mass is 32.2. The molecule has 1 fully saturated rings. The smallest absolute Gasteiger partial charge is 0.237 e. The van der Waals surface area contributed by atoms with Crippen molar-refractivity contribution in [3.8, 4) is 0 Å². The molecule has 0 spiro atoms. The molecular formula is C21H24N2O2S. The third-order valence-electron chi connectivity index (χ3n) is 4.41. The van der Waals surface area contributed by atoms with Crippen LogP contribution in [0.1, 0.15) is 30.1 Å². The van der Waals surface area contributed by atoms with E-state index in [4.69, 9.17) is 0 Å². The largest absolute Gasteiger partial charge is 0.355 e. The van der Waals surface area contributed by atoms with Gasteiger partial charge in [0.2, 0.25) is 11.8 Å². The molecule has 1 atom stereocenters. The van der Waals surface area contributed by atoms with Gasteiger partial charge in [-0.05, 0) is 30.5 Å². The number of benzene rings is 2. The van der Waals surface area contributed by atoms with Gasteiger partial charge in [0.15, 0.2) is 0 Å². The van der Waals surface area contributed by atoms with Gasteiger partial charge in [0.05, 0.1) is 0 Å². The Morgan fingerprint density at radius 3 is 2.42 bits per heavy atom. The van der Waals surface area contributed by atoms with Gasteiger partial charge in [-0.2, -0.15) is 0 Å². The molecule has 4 nitrogen and oxygen atoms in total. The van der Waals surface area contributed by atoms with E-state index >= 15 is 0 Å². The Morgan fingerprint density at radius 1 is 1.08 bits per heavy atom. The fraction of sp³-hybridized carbons (Fsp3) is 0.333. The van der Waals surface area contributed by atoms with Crippen LogP contribution in [0.4, 0.5) is 0 Å². The van der Waals surface area contributed by atoms with Crippen molar-refractivity contribution in [3.63, 3.8) is 0 Å². The van der Waals surface area contributed by atoms with Gasteiger partial charge in [-0.3, -0.25) is 9.59 Å². The van der Waals surface area contributed by atoms with Crippen LogP contribution in [0, 0.1) is 0 Å². The maximum absolute atomic E-state index is 12.8. The minimum Gasteiger partial charge on any atom is -0.355 e. The number of hydrogen-bond acceptors (Lipinski definition) is 3. The Labute approximate surface area is 159 Å². The molecule has 3 rings (SSSR count). The topological polar surface area (TPSA) is 49.4 Å². The van der Waals surface area contributed by atoms with Gasteiger partial charge in [0.1, 0.15) is 5.25 Å². The lowest BCUT2D eigenvalue weighted by Gasteiger charge is -2.18. The number of likely N-dealkylation sites (tertiary alicyclic amines) is 1. The van der Waals surface area contributed by atoms with Crippen LogP contribution in [-0.2, 0) is 9.59 Å². The van der Waals surface area contributed by atoms with Crippen LogP contribution in [0.2, 0.25) is 0 Å². The number of carbonyl (C=O) groups excluding carboxylic acids is 2. The zero-order valence-corrected chi connectivity index (χ0v) is 15.6. The Kier molecular flexibility index (Phi) is 6.72. The van der Waals surface area contributed by atoms with E-state index in [9.17, 15) is 9.59 Å². The van der Waals surface area contributed by atoms with Gasteiger partial charge in [0, 0.05) is 31.0 Å². The summed E-state index contributed by atoms with van der Waals surface area (Å²) in [5.74, 6) is 0.246. The highest BCUT2D eigenvalue weighted by molar-refractivity contribution is 8.00. The zero-order chi connectivity index (χ0) is 18.2. The fourth-order valence-electron chi connectivity index (χ4n) is 3.05. The van der Waals surface area contributed by atoms with E-state index in [0.29, 0.717) is 13.0 Å². The first-order valence-electron chi connectivity index (χ1n) is 9.06. The van der Waals surface area contributed by atoms with Crippen LogP contribution < -0.4 is 5.32 Å². The maximum atomic E-state index is 12.8. The molecule has 0 saturated carbocycles. The molecule has 2 aromatic rings. The number of amides is 2. The molecule has 0 bridgehead atoms. The summed E-state index contributed by atoms with van der Waals surface area (Å²) in [6, 6.07) is 19.8. The lowest BCUT2D eigenvalue weighted by atomic mass is 10.1. The van der Waals surface area contributed by atoms with Gasteiger partial charge in [-0.1, -0.05) is 48.5 Å². The maximum Gasteiger partial charge on any atom is 0.237 e. The Bertz CT molecular complexity index is 721. The Hall–Kier alpha value is -2.27. The lowest BCUT2D eigenvalue weighted by Crippen LogP contribution is -2.32. The minimum atomic E-state index is -0.285. The second-order valence-electron chi connectivity index (χ2n) is 6.35. The molecule has 2 amide bonds. The first kappa shape index (κ1) is 18.5. The standard InChI is InChI=1S/C21H24N2O2S/c24-19-13-7-15-23(19)16-8-14-22-21(25)20(17-9-3-1-4-10-17)26-18-11-5-2-6-12-18/h1-6,9-12,20H,7-8,13-16H2,(H,22,25). The predicted molar refractivity (Wildman–Crippen MR) is 105 cm³/mol. The van der Waals surface area contributed by atoms with Crippen molar-refractivity contribution in [2.75, 3.05) is 19.6 Å². The number of thioether (sulfide) groups is 1. The molecule has 1 aliphatic heterocycles. The van der Waals surface area contributed by atoms with Gasteiger partial charge in [-0.25, -0.2) is 0 Å². The second kappa shape index (κ2) is 9.43. The Balaban J connectivity index is 1.57. The van der Waals surface area contributed by atoms with E-state index in [2.05, 4.69) is 5.32 Å². The lowest BCUT2D eigenvalue weighted by molar-refractivity contribution is -0.127. The molecule has 26 heavy (non-hydrogen) atoms. The summed E-state index contributed by atoms with van der Waals surface area (Å²) in [5, 5.41) is 2.76. The molecule has 0 aromatic heterocycles. The molecule has 1 saturated heterocycles. The average molecular weight is 369 g/mol. The second-order valence-corrected chi connectivity index (χ2v) is 7.53. The van der Waals surface area contributed by atoms with Crippen molar-refractivity contribution in [1.82, 2.24) is 10.2 Å². The predicted octanol–water partition coefficient (Wildman–Crippen LogP) is 3.65. The summed E-state index contributed by atoms with van der Waals surface area (Å²) in [5.41, 5.74) is 0.994. The number of carbonyl (C=O) groups is 2. The fourth-order valence-corrected chi connectivity index (χ4v) is 4.12. The van der Waals surface area contributed by atoms with E-state index in [1.54, 1.807) is 11.8 Å². The van der Waals surface area contributed by atoms with Crippen LogP contribution in [0.3, 0.4) is 0 Å². The summed E-state index contributed by atoms with van der Waals surface area (Å²) >= 11 is 1.56. The third kappa shape index (κ3) is 5.11. The average Bonchev–Trinajstić information content (AvgIpc) is 3.09. The summed E-state index contributed by atoms with van der Waals surface area (Å²) in [6.45, 7) is 2.16. The first-order valence-corrected chi connectivity index (χ1v) is 9.94. The molecule has 136 valence electrons. The first-order chi connectivity index (χ1) is 12.7. The molecule has 1 heterocycles. The normalized spacial score (nSPS) is 15.1. The van der Waals surface area contributed by atoms with Crippen LogP contribution in [0.25, 0.3) is 0 Å². The highest BCUT2D eigenvalue weighted by Gasteiger charge is 2.22. The van der Waals surface area contributed by atoms with Gasteiger partial charge in [0.25, 0.3) is 0 Å². The minimum absolute atomic E-state index is 0.0119. The summed E-state index contributed by atoms with van der Waals surface area (Å²) < 4.78 is 0. The molecule has 5 heteroatoms. The number of hydrogen-bond donors (Lipinski definition) is 1. The van der Waals surface area contributed by atoms with Gasteiger partial charge < -0.3 is 10.2 Å². The SMILES string of the molecule is O=C(NCCCN1CCCC1=O)C(Sc1ccccc1)c1ccccc1. The van der Waals surface area contributed by atoms with Crippen LogP contribution >= 0.6 is 11.8 Å². The third-order valence-corrected chi connectivity index (χ3v) is 5.68. The van der Waals surface area contributed by atoms with E-state index in [1.165, 1.54) is 0 Å². The van der Waals surface area contributed by atoms with Crippen molar-refractivity contribution >= 4 is 23.6 Å². The number of rotatable bonds is 8. The van der Waals surface area contributed by atoms with Crippen molar-refractivity contribution in [2.24, 2.45) is 0 Å². The van der Waals surface area contributed by atoms with E-state index in [-0.39, 0.29) is 17.1 Å². The molecule has 0 radical (unpaired) electrons. The zero-order valence-electron chi connectivity index (χ0n) is 14.8. The highest BCUT2D eigenvalue weighted by Crippen LogP contribution is 2.35. The molecule has 2 aromatic carbocycles. The van der Waals surface area contributed by atoms with Crippen LogP contribution in [0.15, 0.2) is 65.6 Å². The summed E-state index contributed by atoms with van der Waals surface area (Å²) in [4.78, 5) is 27.4. The molecule has 1 N–H and O–H groups in total. The van der Waals surface area contributed by atoms with Crippen molar-refractivity contribution in [2.45, 2.75) is 29.4 Å². The van der Waals surface area contributed by atoms with Gasteiger partial charge in [-0.15, -0.1) is 11.8 Å². The summed E-state index contributed by atoms with van der Waals surface area (Å²) in [7, 11) is 0. The van der Waals surface area contributed by atoms with Crippen LogP contribution in [0.5, 0.6) is 0 Å². The number of nitrogens with one attached hydrogen (secondary N) is 1. The van der Waals surface area contributed by atoms with Crippen molar-refractivity contribution < 1.29 is 9.59 Å². The van der Waals surface area contributed by atoms with E-state index in [1.807, 2.05) is 65.6 Å². The molecule has 0 aliphatic carbocycles. The van der Waals surface area contributed by atoms with Crippen molar-refractivity contribution in [3.05, 3.63) is 66.2 Å².